The fourth-order valence-electron chi connectivity index (χ4n) is 2.87. The monoisotopic (exact) mass is 210 g/mol. The van der Waals surface area contributed by atoms with E-state index in [1.165, 1.54) is 12.8 Å². The van der Waals surface area contributed by atoms with Crippen molar-refractivity contribution in [2.75, 3.05) is 13.1 Å². The van der Waals surface area contributed by atoms with Crippen LogP contribution < -0.4 is 5.73 Å². The standard InChI is InChI=1S/C11H18N2O2/c12-10(14)7-13-6-8-4-2-1-3-5-9(8)11(13)15/h8-9H,1-7H2,(H2,12,14)/t8-,9-/m1/s1. The zero-order valence-electron chi connectivity index (χ0n) is 8.95. The van der Waals surface area contributed by atoms with Crippen LogP contribution in [0.5, 0.6) is 0 Å². The minimum Gasteiger partial charge on any atom is -0.368 e. The number of hydrogen-bond donors (Lipinski definition) is 1. The van der Waals surface area contributed by atoms with Crippen molar-refractivity contribution in [2.24, 2.45) is 17.6 Å². The summed E-state index contributed by atoms with van der Waals surface area (Å²) in [5.74, 6) is 0.395. The highest BCUT2D eigenvalue weighted by Crippen LogP contribution is 2.35. The minimum atomic E-state index is -0.403. The number of primary amides is 1. The van der Waals surface area contributed by atoms with Crippen LogP contribution in [0.1, 0.15) is 32.1 Å². The van der Waals surface area contributed by atoms with Gasteiger partial charge in [-0.2, -0.15) is 0 Å². The Kier molecular flexibility index (Phi) is 2.93. The summed E-state index contributed by atoms with van der Waals surface area (Å²) in [6.07, 6.45) is 5.75. The lowest BCUT2D eigenvalue weighted by atomic mass is 9.91. The fourth-order valence-corrected chi connectivity index (χ4v) is 2.87. The number of hydrogen-bond acceptors (Lipinski definition) is 2. The lowest BCUT2D eigenvalue weighted by Crippen LogP contribution is -2.35. The predicted molar refractivity (Wildman–Crippen MR) is 55.8 cm³/mol. The largest absolute Gasteiger partial charge is 0.368 e. The first-order valence-electron chi connectivity index (χ1n) is 5.75. The molecule has 2 N–H and O–H groups in total. The average Bonchev–Trinajstić information content (AvgIpc) is 2.40. The van der Waals surface area contributed by atoms with Gasteiger partial charge in [0.25, 0.3) is 0 Å². The van der Waals surface area contributed by atoms with E-state index in [1.807, 2.05) is 0 Å². The number of carbonyl (C=O) groups is 2. The highest BCUT2D eigenvalue weighted by molar-refractivity contribution is 5.86. The number of carbonyl (C=O) groups excluding carboxylic acids is 2. The molecule has 1 saturated carbocycles. The molecule has 0 aromatic carbocycles. The van der Waals surface area contributed by atoms with E-state index < -0.39 is 5.91 Å². The number of fused-ring (bicyclic) bond motifs is 1. The van der Waals surface area contributed by atoms with Crippen molar-refractivity contribution in [3.63, 3.8) is 0 Å². The molecule has 2 rings (SSSR count). The lowest BCUT2D eigenvalue weighted by Gasteiger charge is -2.14. The highest BCUT2D eigenvalue weighted by atomic mass is 16.2. The summed E-state index contributed by atoms with van der Waals surface area (Å²) >= 11 is 0. The van der Waals surface area contributed by atoms with Crippen LogP contribution in [0.2, 0.25) is 0 Å². The SMILES string of the molecule is NC(=O)CN1C[C@H]2CCCCC[C@H]2C1=O. The Morgan fingerprint density at radius 1 is 1.33 bits per heavy atom. The Morgan fingerprint density at radius 3 is 2.80 bits per heavy atom. The average molecular weight is 210 g/mol. The highest BCUT2D eigenvalue weighted by Gasteiger charge is 2.40. The molecule has 2 atom stereocenters. The molecule has 2 amide bonds. The number of amides is 2. The Hall–Kier alpha value is -1.06. The van der Waals surface area contributed by atoms with Crippen molar-refractivity contribution < 1.29 is 9.59 Å². The van der Waals surface area contributed by atoms with E-state index in [0.29, 0.717) is 5.92 Å². The summed E-state index contributed by atoms with van der Waals surface area (Å²) in [6, 6.07) is 0. The van der Waals surface area contributed by atoms with Gasteiger partial charge < -0.3 is 10.6 Å². The molecular formula is C11H18N2O2. The van der Waals surface area contributed by atoms with Gasteiger partial charge in [-0.25, -0.2) is 0 Å². The van der Waals surface area contributed by atoms with Gasteiger partial charge in [-0.1, -0.05) is 19.3 Å². The summed E-state index contributed by atoms with van der Waals surface area (Å²) in [4.78, 5) is 24.4. The molecule has 0 spiro atoms. The first kappa shape index (κ1) is 10.5. The normalized spacial score (nSPS) is 31.2. The smallest absolute Gasteiger partial charge is 0.237 e. The van der Waals surface area contributed by atoms with Crippen LogP contribution in [0.4, 0.5) is 0 Å². The molecule has 2 aliphatic rings. The van der Waals surface area contributed by atoms with Gasteiger partial charge in [0.1, 0.15) is 0 Å². The molecule has 1 aliphatic heterocycles. The molecule has 0 aromatic rings. The van der Waals surface area contributed by atoms with Crippen molar-refractivity contribution in [3.05, 3.63) is 0 Å². The molecular weight excluding hydrogens is 192 g/mol. The number of nitrogens with zero attached hydrogens (tertiary/aromatic N) is 1. The molecule has 1 saturated heterocycles. The molecule has 0 aromatic heterocycles. The molecule has 4 nitrogen and oxygen atoms in total. The molecule has 4 heteroatoms. The van der Waals surface area contributed by atoms with Crippen LogP contribution in [0.15, 0.2) is 0 Å². The summed E-state index contributed by atoms with van der Waals surface area (Å²) in [7, 11) is 0. The summed E-state index contributed by atoms with van der Waals surface area (Å²) in [6.45, 7) is 0.846. The maximum Gasteiger partial charge on any atom is 0.237 e. The van der Waals surface area contributed by atoms with Crippen molar-refractivity contribution in [3.8, 4) is 0 Å². The Balaban J connectivity index is 2.03. The molecule has 84 valence electrons. The topological polar surface area (TPSA) is 63.4 Å². The number of rotatable bonds is 2. The lowest BCUT2D eigenvalue weighted by molar-refractivity contribution is -0.134. The van der Waals surface area contributed by atoms with Crippen molar-refractivity contribution >= 4 is 11.8 Å². The second-order valence-corrected chi connectivity index (χ2v) is 4.69. The van der Waals surface area contributed by atoms with E-state index in [2.05, 4.69) is 0 Å². The van der Waals surface area contributed by atoms with Gasteiger partial charge in [-0.15, -0.1) is 0 Å². The second-order valence-electron chi connectivity index (χ2n) is 4.69. The van der Waals surface area contributed by atoms with E-state index in [0.717, 1.165) is 25.8 Å². The number of nitrogens with two attached hydrogens (primary N) is 1. The van der Waals surface area contributed by atoms with Gasteiger partial charge in [-0.05, 0) is 18.8 Å². The van der Waals surface area contributed by atoms with E-state index in [4.69, 9.17) is 5.73 Å². The molecule has 1 aliphatic carbocycles. The molecule has 0 unspecified atom stereocenters. The maximum absolute atomic E-state index is 11.9. The Morgan fingerprint density at radius 2 is 2.07 bits per heavy atom. The molecule has 15 heavy (non-hydrogen) atoms. The van der Waals surface area contributed by atoms with Crippen LogP contribution in [-0.2, 0) is 9.59 Å². The first-order valence-corrected chi connectivity index (χ1v) is 5.75. The molecule has 0 bridgehead atoms. The van der Waals surface area contributed by atoms with Gasteiger partial charge >= 0.3 is 0 Å². The summed E-state index contributed by atoms with van der Waals surface area (Å²) < 4.78 is 0. The second kappa shape index (κ2) is 4.21. The predicted octanol–water partition coefficient (Wildman–Crippen LogP) is 0.510. The van der Waals surface area contributed by atoms with Gasteiger partial charge in [0.2, 0.25) is 11.8 Å². The van der Waals surface area contributed by atoms with Gasteiger partial charge in [0.05, 0.1) is 6.54 Å². The molecule has 0 radical (unpaired) electrons. The minimum absolute atomic E-state index is 0.103. The molecule has 1 heterocycles. The maximum atomic E-state index is 11.9. The third-order valence-electron chi connectivity index (χ3n) is 3.59. The first-order chi connectivity index (χ1) is 7.18. The molecule has 2 fully saturated rings. The quantitative estimate of drug-likeness (QED) is 0.721. The summed E-state index contributed by atoms with van der Waals surface area (Å²) in [5, 5.41) is 0. The van der Waals surface area contributed by atoms with E-state index in [1.54, 1.807) is 4.90 Å². The van der Waals surface area contributed by atoms with Crippen LogP contribution in [0.25, 0.3) is 0 Å². The number of likely N-dealkylation sites (tertiary alicyclic amines) is 1. The van der Waals surface area contributed by atoms with Crippen LogP contribution in [0.3, 0.4) is 0 Å². The summed E-state index contributed by atoms with van der Waals surface area (Å²) in [5.41, 5.74) is 5.12. The zero-order chi connectivity index (χ0) is 10.8. The van der Waals surface area contributed by atoms with Crippen molar-refractivity contribution in [1.29, 1.82) is 0 Å². The van der Waals surface area contributed by atoms with E-state index >= 15 is 0 Å². The Labute approximate surface area is 89.8 Å². The van der Waals surface area contributed by atoms with Gasteiger partial charge in [0, 0.05) is 12.5 Å². The van der Waals surface area contributed by atoms with Crippen LogP contribution >= 0.6 is 0 Å². The zero-order valence-corrected chi connectivity index (χ0v) is 8.95. The fraction of sp³-hybridized carbons (Fsp3) is 0.818. The van der Waals surface area contributed by atoms with Gasteiger partial charge in [0.15, 0.2) is 0 Å². The van der Waals surface area contributed by atoms with Crippen molar-refractivity contribution in [1.82, 2.24) is 4.90 Å². The van der Waals surface area contributed by atoms with Crippen molar-refractivity contribution in [2.45, 2.75) is 32.1 Å². The third kappa shape index (κ3) is 2.13. The third-order valence-corrected chi connectivity index (χ3v) is 3.59. The Bertz CT molecular complexity index is 278. The van der Waals surface area contributed by atoms with Crippen LogP contribution in [-0.4, -0.2) is 29.8 Å². The van der Waals surface area contributed by atoms with Gasteiger partial charge in [-0.3, -0.25) is 9.59 Å². The van der Waals surface area contributed by atoms with Crippen LogP contribution in [0, 0.1) is 11.8 Å². The van der Waals surface area contributed by atoms with E-state index in [-0.39, 0.29) is 18.4 Å². The van der Waals surface area contributed by atoms with E-state index in [9.17, 15) is 9.59 Å².